The highest BCUT2D eigenvalue weighted by molar-refractivity contribution is 6.01. The Morgan fingerprint density at radius 3 is 2.69 bits per heavy atom. The van der Waals surface area contributed by atoms with Crippen LogP contribution in [0.1, 0.15) is 10.4 Å². The molecule has 0 radical (unpaired) electrons. The summed E-state index contributed by atoms with van der Waals surface area (Å²) in [5.41, 5.74) is 0.623. The van der Waals surface area contributed by atoms with Gasteiger partial charge in [-0.1, -0.05) is 12.1 Å². The van der Waals surface area contributed by atoms with E-state index >= 15 is 0 Å². The molecule has 4 heteroatoms. The second-order valence-corrected chi connectivity index (χ2v) is 3.89. The molecule has 1 saturated heterocycles. The van der Waals surface area contributed by atoms with Crippen molar-refractivity contribution in [1.29, 1.82) is 0 Å². The van der Waals surface area contributed by atoms with E-state index in [0.717, 1.165) is 0 Å². The number of fused-ring (bicyclic) bond motifs is 1. The molecule has 0 aliphatic carbocycles. The van der Waals surface area contributed by atoms with Crippen molar-refractivity contribution in [2.24, 2.45) is 5.92 Å². The highest BCUT2D eigenvalue weighted by atomic mass is 16.7. The molecule has 2 aliphatic heterocycles. The zero-order valence-corrected chi connectivity index (χ0v) is 8.72. The lowest BCUT2D eigenvalue weighted by Crippen LogP contribution is -2.37. The predicted octanol–water partition coefficient (Wildman–Crippen LogP) is 1.25. The van der Waals surface area contributed by atoms with Gasteiger partial charge in [-0.2, -0.15) is 0 Å². The summed E-state index contributed by atoms with van der Waals surface area (Å²) in [7, 11) is 0. The fourth-order valence-corrected chi connectivity index (χ4v) is 2.06. The molecule has 0 saturated carbocycles. The van der Waals surface area contributed by atoms with Crippen molar-refractivity contribution in [2.75, 3.05) is 19.8 Å². The number of carbonyl (C=O) groups is 1. The molecule has 0 bridgehead atoms. The maximum absolute atomic E-state index is 12.2. The van der Waals surface area contributed by atoms with E-state index in [1.807, 2.05) is 12.1 Å². The number of carbonyl (C=O) groups excluding carboxylic acids is 1. The van der Waals surface area contributed by atoms with Gasteiger partial charge < -0.3 is 14.2 Å². The van der Waals surface area contributed by atoms with Gasteiger partial charge >= 0.3 is 0 Å². The van der Waals surface area contributed by atoms with Gasteiger partial charge in [0.2, 0.25) is 0 Å². The Morgan fingerprint density at radius 1 is 1.12 bits per heavy atom. The van der Waals surface area contributed by atoms with Crippen LogP contribution in [0.2, 0.25) is 0 Å². The van der Waals surface area contributed by atoms with Crippen molar-refractivity contribution in [3.05, 3.63) is 29.8 Å². The van der Waals surface area contributed by atoms with E-state index in [2.05, 4.69) is 0 Å². The van der Waals surface area contributed by atoms with Crippen LogP contribution in [0.15, 0.2) is 24.3 Å². The first-order valence-corrected chi connectivity index (χ1v) is 5.35. The highest BCUT2D eigenvalue weighted by Gasteiger charge is 2.37. The van der Waals surface area contributed by atoms with E-state index in [1.54, 1.807) is 12.1 Å². The number of para-hydroxylation sites is 1. The molecule has 0 N–H and O–H groups in total. The number of benzene rings is 1. The fourth-order valence-electron chi connectivity index (χ4n) is 2.06. The number of hydrogen-bond donors (Lipinski definition) is 0. The standard InChI is InChI=1S/C12H12O4/c13-11-8-3-1-2-4-10(8)16-7-9(11)12-14-5-6-15-12/h1-4,9,12H,5-7H2. The third-order valence-corrected chi connectivity index (χ3v) is 2.88. The Labute approximate surface area is 93.1 Å². The molecular formula is C12H12O4. The van der Waals surface area contributed by atoms with Crippen LogP contribution in [0.5, 0.6) is 5.75 Å². The van der Waals surface area contributed by atoms with Gasteiger partial charge in [-0.3, -0.25) is 4.79 Å². The van der Waals surface area contributed by atoms with E-state index in [4.69, 9.17) is 14.2 Å². The Morgan fingerprint density at radius 2 is 1.88 bits per heavy atom. The van der Waals surface area contributed by atoms with Gasteiger partial charge in [-0.15, -0.1) is 0 Å². The van der Waals surface area contributed by atoms with Crippen LogP contribution in [0.4, 0.5) is 0 Å². The first-order valence-electron chi connectivity index (χ1n) is 5.35. The van der Waals surface area contributed by atoms with Crippen molar-refractivity contribution in [3.8, 4) is 5.75 Å². The summed E-state index contributed by atoms with van der Waals surface area (Å²) in [6, 6.07) is 7.27. The first kappa shape index (κ1) is 9.81. The largest absolute Gasteiger partial charge is 0.492 e. The number of rotatable bonds is 1. The quantitative estimate of drug-likeness (QED) is 0.714. The van der Waals surface area contributed by atoms with E-state index in [1.165, 1.54) is 0 Å². The molecule has 0 aromatic heterocycles. The molecular weight excluding hydrogens is 208 g/mol. The van der Waals surface area contributed by atoms with E-state index in [-0.39, 0.29) is 11.7 Å². The van der Waals surface area contributed by atoms with Crippen molar-refractivity contribution in [1.82, 2.24) is 0 Å². The first-order chi connectivity index (χ1) is 7.86. The molecule has 3 rings (SSSR count). The van der Waals surface area contributed by atoms with Crippen LogP contribution in [-0.4, -0.2) is 31.9 Å². The summed E-state index contributed by atoms with van der Waals surface area (Å²) in [5, 5.41) is 0. The van der Waals surface area contributed by atoms with Gasteiger partial charge in [0, 0.05) is 0 Å². The topological polar surface area (TPSA) is 44.8 Å². The lowest BCUT2D eigenvalue weighted by Gasteiger charge is -2.26. The zero-order chi connectivity index (χ0) is 11.0. The van der Waals surface area contributed by atoms with Crippen molar-refractivity contribution in [2.45, 2.75) is 6.29 Å². The molecule has 1 aromatic rings. The van der Waals surface area contributed by atoms with Crippen LogP contribution in [0.25, 0.3) is 0 Å². The van der Waals surface area contributed by atoms with Gasteiger partial charge in [0.1, 0.15) is 18.3 Å². The molecule has 84 valence electrons. The fraction of sp³-hybridized carbons (Fsp3) is 0.417. The molecule has 1 fully saturated rings. The molecule has 1 unspecified atom stereocenters. The Bertz CT molecular complexity index is 409. The van der Waals surface area contributed by atoms with Gasteiger partial charge in [0.05, 0.1) is 18.8 Å². The molecule has 0 spiro atoms. The maximum atomic E-state index is 12.2. The van der Waals surface area contributed by atoms with Gasteiger partial charge in [0.25, 0.3) is 0 Å². The minimum atomic E-state index is -0.444. The van der Waals surface area contributed by atoms with Crippen molar-refractivity contribution in [3.63, 3.8) is 0 Å². The van der Waals surface area contributed by atoms with Crippen LogP contribution in [0, 0.1) is 5.92 Å². The second kappa shape index (κ2) is 3.88. The summed E-state index contributed by atoms with van der Waals surface area (Å²) >= 11 is 0. The Hall–Kier alpha value is -1.39. The third kappa shape index (κ3) is 1.50. The van der Waals surface area contributed by atoms with Crippen LogP contribution < -0.4 is 4.74 Å². The van der Waals surface area contributed by atoms with Crippen LogP contribution >= 0.6 is 0 Å². The molecule has 1 atom stereocenters. The molecule has 16 heavy (non-hydrogen) atoms. The smallest absolute Gasteiger partial charge is 0.178 e. The predicted molar refractivity (Wildman–Crippen MR) is 55.4 cm³/mol. The van der Waals surface area contributed by atoms with Crippen molar-refractivity contribution >= 4 is 5.78 Å². The number of hydrogen-bond acceptors (Lipinski definition) is 4. The molecule has 2 aliphatic rings. The molecule has 2 heterocycles. The average Bonchev–Trinajstić information content (AvgIpc) is 2.83. The lowest BCUT2D eigenvalue weighted by atomic mass is 9.94. The molecule has 4 nitrogen and oxygen atoms in total. The summed E-state index contributed by atoms with van der Waals surface area (Å²) in [6.45, 7) is 1.44. The summed E-state index contributed by atoms with van der Waals surface area (Å²) in [4.78, 5) is 12.2. The van der Waals surface area contributed by atoms with Crippen molar-refractivity contribution < 1.29 is 19.0 Å². The normalized spacial score (nSPS) is 25.2. The van der Waals surface area contributed by atoms with Crippen LogP contribution in [-0.2, 0) is 9.47 Å². The van der Waals surface area contributed by atoms with Gasteiger partial charge in [-0.25, -0.2) is 0 Å². The maximum Gasteiger partial charge on any atom is 0.178 e. The number of ether oxygens (including phenoxy) is 3. The van der Waals surface area contributed by atoms with Crippen LogP contribution in [0.3, 0.4) is 0 Å². The number of ketones is 1. The minimum Gasteiger partial charge on any atom is -0.492 e. The second-order valence-electron chi connectivity index (χ2n) is 3.89. The van der Waals surface area contributed by atoms with E-state index in [9.17, 15) is 4.79 Å². The third-order valence-electron chi connectivity index (χ3n) is 2.88. The average molecular weight is 220 g/mol. The molecule has 1 aromatic carbocycles. The Balaban J connectivity index is 1.88. The summed E-state index contributed by atoms with van der Waals surface area (Å²) in [5.74, 6) is 0.368. The lowest BCUT2D eigenvalue weighted by molar-refractivity contribution is -0.0833. The Kier molecular flexibility index (Phi) is 2.38. The van der Waals surface area contributed by atoms with E-state index in [0.29, 0.717) is 31.1 Å². The molecule has 0 amide bonds. The minimum absolute atomic E-state index is 0.0498. The zero-order valence-electron chi connectivity index (χ0n) is 8.72. The highest BCUT2D eigenvalue weighted by Crippen LogP contribution is 2.30. The SMILES string of the molecule is O=C1c2ccccc2OCC1C1OCCO1. The van der Waals surface area contributed by atoms with Gasteiger partial charge in [-0.05, 0) is 12.1 Å². The van der Waals surface area contributed by atoms with E-state index < -0.39 is 6.29 Å². The number of Topliss-reactive ketones (excluding diaryl/α,β-unsaturated/α-hetero) is 1. The summed E-state index contributed by atoms with van der Waals surface area (Å²) in [6.07, 6.45) is -0.444. The van der Waals surface area contributed by atoms with Gasteiger partial charge in [0.15, 0.2) is 12.1 Å². The monoisotopic (exact) mass is 220 g/mol. The summed E-state index contributed by atoms with van der Waals surface area (Å²) < 4.78 is 16.2.